The standard InChI is InChI=1S/C19H24N4O3/c1-20-18(24)19(25)21-14-16(17-8-5-13-26-17)23-11-9-22(10-12-23)15-6-3-2-4-7-15/h2-8,13,16H,9-12,14H2,1H3,(H,20,24)(H,21,25)/t16-/m0/s1. The second-order valence-corrected chi connectivity index (χ2v) is 6.18. The van der Waals surface area contributed by atoms with Gasteiger partial charge < -0.3 is 20.0 Å². The van der Waals surface area contributed by atoms with Gasteiger partial charge in [-0.05, 0) is 24.3 Å². The van der Waals surface area contributed by atoms with Crippen LogP contribution in [0.15, 0.2) is 53.1 Å². The van der Waals surface area contributed by atoms with Crippen LogP contribution < -0.4 is 15.5 Å². The lowest BCUT2D eigenvalue weighted by Crippen LogP contribution is -2.50. The second kappa shape index (κ2) is 8.53. The summed E-state index contributed by atoms with van der Waals surface area (Å²) in [4.78, 5) is 27.8. The molecule has 1 fully saturated rings. The molecule has 7 nitrogen and oxygen atoms in total. The highest BCUT2D eigenvalue weighted by atomic mass is 16.3. The summed E-state index contributed by atoms with van der Waals surface area (Å²) in [7, 11) is 1.44. The summed E-state index contributed by atoms with van der Waals surface area (Å²) < 4.78 is 5.57. The maximum atomic E-state index is 11.8. The summed E-state index contributed by atoms with van der Waals surface area (Å²) >= 11 is 0. The fraction of sp³-hybridized carbons (Fsp3) is 0.368. The van der Waals surface area contributed by atoms with Gasteiger partial charge in [0.15, 0.2) is 0 Å². The number of nitrogens with one attached hydrogen (secondary N) is 2. The van der Waals surface area contributed by atoms with Crippen molar-refractivity contribution >= 4 is 17.5 Å². The zero-order valence-electron chi connectivity index (χ0n) is 14.9. The van der Waals surface area contributed by atoms with E-state index in [2.05, 4.69) is 32.6 Å². The van der Waals surface area contributed by atoms with Crippen LogP contribution in [0.4, 0.5) is 5.69 Å². The first-order valence-electron chi connectivity index (χ1n) is 8.76. The maximum Gasteiger partial charge on any atom is 0.309 e. The molecule has 2 amide bonds. The molecule has 2 aromatic rings. The first-order valence-corrected chi connectivity index (χ1v) is 8.76. The van der Waals surface area contributed by atoms with Crippen molar-refractivity contribution in [3.63, 3.8) is 0 Å². The minimum Gasteiger partial charge on any atom is -0.468 e. The van der Waals surface area contributed by atoms with E-state index in [4.69, 9.17) is 4.42 Å². The maximum absolute atomic E-state index is 11.8. The third-order valence-corrected chi connectivity index (χ3v) is 4.64. The monoisotopic (exact) mass is 356 g/mol. The van der Waals surface area contributed by atoms with Crippen LogP contribution >= 0.6 is 0 Å². The number of para-hydroxylation sites is 1. The van der Waals surface area contributed by atoms with Gasteiger partial charge in [0.05, 0.1) is 12.3 Å². The van der Waals surface area contributed by atoms with Crippen LogP contribution in [-0.2, 0) is 9.59 Å². The van der Waals surface area contributed by atoms with Crippen LogP contribution in [0.25, 0.3) is 0 Å². The Hall–Kier alpha value is -2.80. The molecular formula is C19H24N4O3. The van der Waals surface area contributed by atoms with Crippen molar-refractivity contribution < 1.29 is 14.0 Å². The Morgan fingerprint density at radius 2 is 1.77 bits per heavy atom. The van der Waals surface area contributed by atoms with Crippen LogP contribution in [-0.4, -0.2) is 56.5 Å². The highest BCUT2D eigenvalue weighted by Crippen LogP contribution is 2.24. The number of piperazine rings is 1. The lowest BCUT2D eigenvalue weighted by Gasteiger charge is -2.39. The van der Waals surface area contributed by atoms with Crippen molar-refractivity contribution in [3.05, 3.63) is 54.5 Å². The van der Waals surface area contributed by atoms with Gasteiger partial charge in [-0.2, -0.15) is 0 Å². The van der Waals surface area contributed by atoms with E-state index >= 15 is 0 Å². The number of hydrogen-bond acceptors (Lipinski definition) is 5. The van der Waals surface area contributed by atoms with E-state index < -0.39 is 11.8 Å². The van der Waals surface area contributed by atoms with Gasteiger partial charge in [-0.3, -0.25) is 14.5 Å². The average molecular weight is 356 g/mol. The van der Waals surface area contributed by atoms with Crippen LogP contribution in [0.3, 0.4) is 0 Å². The summed E-state index contributed by atoms with van der Waals surface area (Å²) in [6, 6.07) is 14.0. The minimum atomic E-state index is -0.642. The van der Waals surface area contributed by atoms with Crippen LogP contribution in [0.2, 0.25) is 0 Å². The lowest BCUT2D eigenvalue weighted by molar-refractivity contribution is -0.139. The molecule has 3 rings (SSSR count). The number of carbonyl (C=O) groups excluding carboxylic acids is 2. The number of furan rings is 1. The Morgan fingerprint density at radius 1 is 1.04 bits per heavy atom. The molecule has 0 spiro atoms. The summed E-state index contributed by atoms with van der Waals surface area (Å²) in [5.74, 6) is -0.487. The van der Waals surface area contributed by atoms with E-state index in [9.17, 15) is 9.59 Å². The van der Waals surface area contributed by atoms with Gasteiger partial charge in [-0.15, -0.1) is 0 Å². The van der Waals surface area contributed by atoms with Crippen LogP contribution in [0.1, 0.15) is 11.8 Å². The number of benzene rings is 1. The van der Waals surface area contributed by atoms with Crippen molar-refractivity contribution in [1.82, 2.24) is 15.5 Å². The molecule has 7 heteroatoms. The topological polar surface area (TPSA) is 77.8 Å². The number of hydrogen-bond donors (Lipinski definition) is 2. The van der Waals surface area contributed by atoms with Crippen molar-refractivity contribution in [3.8, 4) is 0 Å². The minimum absolute atomic E-state index is 0.100. The Balaban J connectivity index is 1.63. The average Bonchev–Trinajstić information content (AvgIpc) is 3.23. The third-order valence-electron chi connectivity index (χ3n) is 4.64. The molecule has 1 atom stereocenters. The van der Waals surface area contributed by atoms with E-state index in [1.807, 2.05) is 30.3 Å². The third kappa shape index (κ3) is 4.23. The number of rotatable bonds is 5. The predicted octanol–water partition coefficient (Wildman–Crippen LogP) is 1.01. The molecule has 0 radical (unpaired) electrons. The molecule has 1 aliphatic rings. The molecule has 0 saturated carbocycles. The van der Waals surface area contributed by atoms with Crippen molar-refractivity contribution in [2.45, 2.75) is 6.04 Å². The number of amides is 2. The van der Waals surface area contributed by atoms with Gasteiger partial charge in [0, 0.05) is 45.5 Å². The Bertz CT molecular complexity index is 710. The number of nitrogens with zero attached hydrogens (tertiary/aromatic N) is 2. The van der Waals surface area contributed by atoms with E-state index in [0.717, 1.165) is 31.9 Å². The van der Waals surface area contributed by atoms with Gasteiger partial charge in [-0.25, -0.2) is 0 Å². The fourth-order valence-electron chi connectivity index (χ4n) is 3.20. The smallest absolute Gasteiger partial charge is 0.309 e. The van der Waals surface area contributed by atoms with Gasteiger partial charge >= 0.3 is 11.8 Å². The number of likely N-dealkylation sites (N-methyl/N-ethyl adjacent to an activating group) is 1. The van der Waals surface area contributed by atoms with E-state index in [0.29, 0.717) is 6.54 Å². The fourth-order valence-corrected chi connectivity index (χ4v) is 3.20. The van der Waals surface area contributed by atoms with Gasteiger partial charge in [0.2, 0.25) is 0 Å². The molecule has 1 aromatic heterocycles. The molecular weight excluding hydrogens is 332 g/mol. The van der Waals surface area contributed by atoms with Gasteiger partial charge in [0.25, 0.3) is 0 Å². The van der Waals surface area contributed by atoms with Gasteiger partial charge in [0.1, 0.15) is 5.76 Å². The zero-order chi connectivity index (χ0) is 18.4. The molecule has 1 aliphatic heterocycles. The largest absolute Gasteiger partial charge is 0.468 e. The van der Waals surface area contributed by atoms with E-state index in [1.165, 1.54) is 12.7 Å². The van der Waals surface area contributed by atoms with Crippen LogP contribution in [0, 0.1) is 0 Å². The van der Waals surface area contributed by atoms with Crippen LogP contribution in [0.5, 0.6) is 0 Å². The SMILES string of the molecule is CNC(=O)C(=O)NC[C@@H](c1ccco1)N1CCN(c2ccccc2)CC1. The summed E-state index contributed by atoms with van der Waals surface area (Å²) in [5.41, 5.74) is 1.22. The zero-order valence-corrected chi connectivity index (χ0v) is 14.9. The summed E-state index contributed by atoms with van der Waals surface area (Å²) in [6.07, 6.45) is 1.63. The highest BCUT2D eigenvalue weighted by molar-refractivity contribution is 6.35. The van der Waals surface area contributed by atoms with E-state index in [-0.39, 0.29) is 6.04 Å². The second-order valence-electron chi connectivity index (χ2n) is 6.18. The molecule has 1 saturated heterocycles. The quantitative estimate of drug-likeness (QED) is 0.782. The first-order chi connectivity index (χ1) is 12.7. The summed E-state index contributed by atoms with van der Waals surface area (Å²) in [6.45, 7) is 3.80. The molecule has 138 valence electrons. The Labute approximate surface area is 153 Å². The van der Waals surface area contributed by atoms with Crippen molar-refractivity contribution in [2.24, 2.45) is 0 Å². The highest BCUT2D eigenvalue weighted by Gasteiger charge is 2.28. The van der Waals surface area contributed by atoms with Crippen molar-refractivity contribution in [1.29, 1.82) is 0 Å². The number of anilines is 1. The Morgan fingerprint density at radius 3 is 2.38 bits per heavy atom. The first kappa shape index (κ1) is 18.0. The molecule has 0 unspecified atom stereocenters. The molecule has 2 N–H and O–H groups in total. The molecule has 2 heterocycles. The number of carbonyl (C=O) groups is 2. The van der Waals surface area contributed by atoms with E-state index in [1.54, 1.807) is 6.26 Å². The van der Waals surface area contributed by atoms with Crippen molar-refractivity contribution in [2.75, 3.05) is 44.7 Å². The predicted molar refractivity (Wildman–Crippen MR) is 98.8 cm³/mol. The molecule has 26 heavy (non-hydrogen) atoms. The Kier molecular flexibility index (Phi) is 5.91. The lowest BCUT2D eigenvalue weighted by atomic mass is 10.1. The summed E-state index contributed by atoms with van der Waals surface area (Å²) in [5, 5.41) is 5.03. The van der Waals surface area contributed by atoms with Gasteiger partial charge in [-0.1, -0.05) is 18.2 Å². The normalized spacial score (nSPS) is 16.1. The molecule has 0 bridgehead atoms. The molecule has 0 aliphatic carbocycles. The molecule has 1 aromatic carbocycles.